The third-order valence-electron chi connectivity index (χ3n) is 9.92. The maximum atomic E-state index is 14.3. The van der Waals surface area contributed by atoms with Gasteiger partial charge in [0.25, 0.3) is 0 Å². The van der Waals surface area contributed by atoms with Crippen molar-refractivity contribution in [1.29, 1.82) is 0 Å². The summed E-state index contributed by atoms with van der Waals surface area (Å²) in [5.74, 6) is 4.18. The summed E-state index contributed by atoms with van der Waals surface area (Å²) in [5, 5.41) is 0. The predicted octanol–water partition coefficient (Wildman–Crippen LogP) is 7.72. The Morgan fingerprint density at radius 1 is 1.10 bits per heavy atom. The van der Waals surface area contributed by atoms with Crippen LogP contribution in [0.5, 0.6) is 0 Å². The Morgan fingerprint density at radius 3 is 2.68 bits per heavy atom. The molecule has 3 unspecified atom stereocenters. The van der Waals surface area contributed by atoms with E-state index >= 15 is 0 Å². The Kier molecular flexibility index (Phi) is 7.84. The van der Waals surface area contributed by atoms with Crippen molar-refractivity contribution >= 4 is 0 Å². The van der Waals surface area contributed by atoms with Crippen LogP contribution >= 0.6 is 0 Å². The first kappa shape index (κ1) is 23.7. The van der Waals surface area contributed by atoms with Gasteiger partial charge in [0, 0.05) is 13.0 Å². The first-order chi connectivity index (χ1) is 15.0. The van der Waals surface area contributed by atoms with Crippen molar-refractivity contribution in [3.8, 4) is 0 Å². The van der Waals surface area contributed by atoms with Crippen LogP contribution in [0, 0.1) is 40.9 Å². The monoisotopic (exact) mass is 434 g/mol. The number of rotatable bonds is 9. The van der Waals surface area contributed by atoms with Gasteiger partial charge in [0.05, 0.1) is 12.8 Å². The molecular weight excluding hydrogens is 387 g/mol. The molecule has 0 spiro atoms. The van der Waals surface area contributed by atoms with Crippen LogP contribution in [0.4, 0.5) is 4.39 Å². The van der Waals surface area contributed by atoms with E-state index < -0.39 is 0 Å². The molecule has 4 rings (SSSR count). The smallest absolute Gasteiger partial charge is 0.146 e. The third kappa shape index (κ3) is 4.79. The zero-order valence-corrected chi connectivity index (χ0v) is 20.6. The van der Waals surface area contributed by atoms with Crippen LogP contribution in [-0.4, -0.2) is 26.7 Å². The third-order valence-corrected chi connectivity index (χ3v) is 9.92. The minimum absolute atomic E-state index is 0.151. The summed E-state index contributed by atoms with van der Waals surface area (Å²) in [7, 11) is 1.68. The molecule has 0 aromatic heterocycles. The quantitative estimate of drug-likeness (QED) is 0.210. The summed E-state index contributed by atoms with van der Waals surface area (Å²) < 4.78 is 25.3. The molecule has 0 aromatic carbocycles. The molecule has 0 N–H and O–H groups in total. The van der Waals surface area contributed by atoms with Gasteiger partial charge >= 0.3 is 0 Å². The van der Waals surface area contributed by atoms with Gasteiger partial charge in [0.15, 0.2) is 0 Å². The van der Waals surface area contributed by atoms with E-state index in [0.29, 0.717) is 12.2 Å². The standard InChI is InChI=1S/C28H47FO2/c1-19(2)7-5-6-8-21-9-12-27-26-15-20(17-29)25-16-22(31-18-30-4)10-11-23(25)24(26)13-14-28(21,27)3/h19-22,24,26-27H,5-18H2,1-4H3/t20?,21-,22-,24?,26+,27?,28+/m0/s1. The van der Waals surface area contributed by atoms with Gasteiger partial charge in [-0.15, -0.1) is 0 Å². The van der Waals surface area contributed by atoms with Crippen molar-refractivity contribution in [3.63, 3.8) is 0 Å². The van der Waals surface area contributed by atoms with E-state index in [4.69, 9.17) is 9.47 Å². The molecule has 4 aliphatic rings. The Hall–Kier alpha value is -0.410. The fourth-order valence-electron chi connectivity index (χ4n) is 8.32. The van der Waals surface area contributed by atoms with Crippen LogP contribution in [0.15, 0.2) is 11.1 Å². The van der Waals surface area contributed by atoms with Crippen molar-refractivity contribution in [1.82, 2.24) is 0 Å². The highest BCUT2D eigenvalue weighted by atomic mass is 19.1. The lowest BCUT2D eigenvalue weighted by Crippen LogP contribution is -2.46. The van der Waals surface area contributed by atoms with Crippen molar-refractivity contribution in [2.45, 2.75) is 104 Å². The number of hydrogen-bond donors (Lipinski definition) is 0. The normalized spacial score (nSPS) is 40.1. The molecule has 178 valence electrons. The number of unbranched alkanes of at least 4 members (excludes halogenated alkanes) is 1. The molecule has 0 radical (unpaired) electrons. The van der Waals surface area contributed by atoms with E-state index in [-0.39, 0.29) is 18.7 Å². The van der Waals surface area contributed by atoms with E-state index in [0.717, 1.165) is 55.3 Å². The number of methoxy groups -OCH3 is 1. The van der Waals surface area contributed by atoms with Crippen molar-refractivity contribution < 1.29 is 13.9 Å². The fraction of sp³-hybridized carbons (Fsp3) is 0.929. The molecule has 0 aliphatic heterocycles. The largest absolute Gasteiger partial charge is 0.359 e. The lowest BCUT2D eigenvalue weighted by Gasteiger charge is -2.54. The Morgan fingerprint density at radius 2 is 1.94 bits per heavy atom. The molecule has 0 bridgehead atoms. The summed E-state index contributed by atoms with van der Waals surface area (Å²) in [6.45, 7) is 7.49. The van der Waals surface area contributed by atoms with Crippen LogP contribution in [-0.2, 0) is 9.47 Å². The number of fused-ring (bicyclic) bond motifs is 4. The molecule has 0 heterocycles. The first-order valence-corrected chi connectivity index (χ1v) is 13.4. The van der Waals surface area contributed by atoms with E-state index in [1.165, 1.54) is 56.9 Å². The van der Waals surface area contributed by atoms with Crippen LogP contribution in [0.2, 0.25) is 0 Å². The van der Waals surface area contributed by atoms with Gasteiger partial charge in [-0.05, 0) is 92.8 Å². The summed E-state index contributed by atoms with van der Waals surface area (Å²) in [6, 6.07) is 0. The lowest BCUT2D eigenvalue weighted by molar-refractivity contribution is -0.0787. The fourth-order valence-corrected chi connectivity index (χ4v) is 8.32. The maximum Gasteiger partial charge on any atom is 0.146 e. The van der Waals surface area contributed by atoms with E-state index in [1.54, 1.807) is 12.7 Å². The van der Waals surface area contributed by atoms with Crippen LogP contribution < -0.4 is 0 Å². The van der Waals surface area contributed by atoms with E-state index in [9.17, 15) is 4.39 Å². The number of halogens is 1. The number of allylic oxidation sites excluding steroid dienone is 1. The molecule has 7 atom stereocenters. The van der Waals surface area contributed by atoms with E-state index in [2.05, 4.69) is 20.8 Å². The molecule has 2 fully saturated rings. The van der Waals surface area contributed by atoms with Crippen molar-refractivity contribution in [3.05, 3.63) is 11.1 Å². The SMILES string of the molecule is COCO[C@H]1CCC2=C(C1)C(CF)C[C@@H]1C2CC[C@@]2(C)C1CC[C@@H]2CCCCC(C)C. The molecule has 31 heavy (non-hydrogen) atoms. The van der Waals surface area contributed by atoms with Gasteiger partial charge in [-0.3, -0.25) is 4.39 Å². The highest BCUT2D eigenvalue weighted by Crippen LogP contribution is 2.64. The molecule has 2 nitrogen and oxygen atoms in total. The van der Waals surface area contributed by atoms with Gasteiger partial charge in [0.1, 0.15) is 6.79 Å². The molecule has 3 heteroatoms. The van der Waals surface area contributed by atoms with Gasteiger partial charge in [0.2, 0.25) is 0 Å². The van der Waals surface area contributed by atoms with Gasteiger partial charge < -0.3 is 9.47 Å². The molecule has 0 saturated heterocycles. The highest BCUT2D eigenvalue weighted by Gasteiger charge is 2.55. The Balaban J connectivity index is 1.45. The van der Waals surface area contributed by atoms with Crippen LogP contribution in [0.3, 0.4) is 0 Å². The number of ether oxygens (including phenoxy) is 2. The Labute approximate surface area is 190 Å². The second kappa shape index (κ2) is 10.2. The highest BCUT2D eigenvalue weighted by molar-refractivity contribution is 5.29. The summed E-state index contributed by atoms with van der Waals surface area (Å²) in [5.41, 5.74) is 3.62. The summed E-state index contributed by atoms with van der Waals surface area (Å²) in [4.78, 5) is 0. The average molecular weight is 435 g/mol. The molecule has 0 aromatic rings. The maximum absolute atomic E-state index is 14.3. The predicted molar refractivity (Wildman–Crippen MR) is 126 cm³/mol. The van der Waals surface area contributed by atoms with Gasteiger partial charge in [-0.25, -0.2) is 0 Å². The minimum Gasteiger partial charge on any atom is -0.359 e. The summed E-state index contributed by atoms with van der Waals surface area (Å²) >= 11 is 0. The first-order valence-electron chi connectivity index (χ1n) is 13.4. The minimum atomic E-state index is -0.179. The number of hydrogen-bond acceptors (Lipinski definition) is 2. The van der Waals surface area contributed by atoms with Gasteiger partial charge in [-0.2, -0.15) is 0 Å². The summed E-state index contributed by atoms with van der Waals surface area (Å²) in [6.07, 6.45) is 15.6. The topological polar surface area (TPSA) is 18.5 Å². The average Bonchev–Trinajstić information content (AvgIpc) is 3.10. The lowest BCUT2D eigenvalue weighted by atomic mass is 9.51. The second-order valence-electron chi connectivity index (χ2n) is 11.9. The van der Waals surface area contributed by atoms with E-state index in [1.807, 2.05) is 0 Å². The zero-order valence-electron chi connectivity index (χ0n) is 20.6. The van der Waals surface area contributed by atoms with Crippen molar-refractivity contribution in [2.24, 2.45) is 40.9 Å². The number of alkyl halides is 1. The van der Waals surface area contributed by atoms with Crippen LogP contribution in [0.1, 0.15) is 97.8 Å². The molecule has 4 aliphatic carbocycles. The second-order valence-corrected chi connectivity index (χ2v) is 11.9. The molecule has 0 amide bonds. The van der Waals surface area contributed by atoms with Crippen LogP contribution in [0.25, 0.3) is 0 Å². The van der Waals surface area contributed by atoms with Crippen molar-refractivity contribution in [2.75, 3.05) is 20.6 Å². The Bertz CT molecular complexity index is 629. The van der Waals surface area contributed by atoms with Gasteiger partial charge in [-0.1, -0.05) is 51.2 Å². The molecule has 2 saturated carbocycles. The molecular formula is C28H47FO2. The zero-order chi connectivity index (χ0) is 22.0.